The zero-order valence-electron chi connectivity index (χ0n) is 12.3. The first-order chi connectivity index (χ1) is 9.62. The number of benzene rings is 1. The third-order valence-electron chi connectivity index (χ3n) is 5.90. The summed E-state index contributed by atoms with van der Waals surface area (Å²) in [5.41, 5.74) is 3.21. The van der Waals surface area contributed by atoms with Gasteiger partial charge in [0.05, 0.1) is 0 Å². The Labute approximate surface area is 130 Å². The van der Waals surface area contributed by atoms with Gasteiger partial charge in [-0.25, -0.2) is 0 Å². The molecule has 0 aliphatic heterocycles. The number of hydrogen-bond donors (Lipinski definition) is 1. The monoisotopic (exact) mass is 333 g/mol. The molecule has 4 bridgehead atoms. The van der Waals surface area contributed by atoms with Crippen molar-refractivity contribution in [1.82, 2.24) is 5.32 Å². The van der Waals surface area contributed by atoms with Crippen LogP contribution in [0.25, 0.3) is 0 Å². The topological polar surface area (TPSA) is 12.0 Å². The van der Waals surface area contributed by atoms with Crippen LogP contribution in [0.1, 0.15) is 49.7 Å². The summed E-state index contributed by atoms with van der Waals surface area (Å²) in [6.45, 7) is 3.17. The second kappa shape index (κ2) is 4.84. The van der Waals surface area contributed by atoms with Crippen molar-refractivity contribution in [3.05, 3.63) is 33.8 Å². The van der Waals surface area contributed by atoms with Crippen LogP contribution in [0.15, 0.2) is 22.7 Å². The van der Waals surface area contributed by atoms with E-state index in [0.717, 1.165) is 24.3 Å². The fourth-order valence-electron chi connectivity index (χ4n) is 5.41. The van der Waals surface area contributed by atoms with Crippen molar-refractivity contribution in [1.29, 1.82) is 0 Å². The molecule has 20 heavy (non-hydrogen) atoms. The van der Waals surface area contributed by atoms with Crippen molar-refractivity contribution < 1.29 is 0 Å². The molecule has 2 heteroatoms. The van der Waals surface area contributed by atoms with Crippen molar-refractivity contribution in [2.24, 2.45) is 17.8 Å². The lowest BCUT2D eigenvalue weighted by Crippen LogP contribution is -2.58. The quantitative estimate of drug-likeness (QED) is 0.836. The predicted molar refractivity (Wildman–Crippen MR) is 86.6 cm³/mol. The van der Waals surface area contributed by atoms with Crippen molar-refractivity contribution in [3.63, 3.8) is 0 Å². The zero-order valence-corrected chi connectivity index (χ0v) is 13.9. The molecule has 0 atom stereocenters. The highest BCUT2D eigenvalue weighted by atomic mass is 79.9. The summed E-state index contributed by atoms with van der Waals surface area (Å²) < 4.78 is 1.26. The smallest absolute Gasteiger partial charge is 0.0222 e. The maximum atomic E-state index is 3.97. The minimum atomic E-state index is 0.471. The standard InChI is InChI=1S/C18H24BrN/c1-12-2-3-16(17(19)4-12)11-20-18-8-13-5-14(9-18)7-15(6-13)10-18/h2-4,13-15,20H,5-11H2,1H3. The third kappa shape index (κ3) is 2.35. The van der Waals surface area contributed by atoms with Gasteiger partial charge in [-0.1, -0.05) is 28.1 Å². The van der Waals surface area contributed by atoms with Gasteiger partial charge in [0.1, 0.15) is 0 Å². The van der Waals surface area contributed by atoms with E-state index in [-0.39, 0.29) is 0 Å². The van der Waals surface area contributed by atoms with Gasteiger partial charge in [0.2, 0.25) is 0 Å². The Bertz CT molecular complexity index is 487. The molecule has 0 heterocycles. The molecule has 4 fully saturated rings. The van der Waals surface area contributed by atoms with Gasteiger partial charge in [-0.3, -0.25) is 0 Å². The average Bonchev–Trinajstić information content (AvgIpc) is 2.36. The molecule has 0 unspecified atom stereocenters. The predicted octanol–water partition coefficient (Wildman–Crippen LogP) is 4.82. The van der Waals surface area contributed by atoms with Gasteiger partial charge >= 0.3 is 0 Å². The first-order valence-electron chi connectivity index (χ1n) is 8.12. The summed E-state index contributed by atoms with van der Waals surface area (Å²) in [6.07, 6.45) is 8.87. The largest absolute Gasteiger partial charge is 0.307 e. The summed E-state index contributed by atoms with van der Waals surface area (Å²) in [5, 5.41) is 3.97. The highest BCUT2D eigenvalue weighted by Gasteiger charge is 2.50. The lowest BCUT2D eigenvalue weighted by Gasteiger charge is -2.57. The SMILES string of the molecule is Cc1ccc(CNC23CC4CC(CC(C4)C2)C3)c(Br)c1. The van der Waals surface area contributed by atoms with Crippen LogP contribution in [0, 0.1) is 24.7 Å². The van der Waals surface area contributed by atoms with Gasteiger partial charge in [-0.2, -0.15) is 0 Å². The second-order valence-corrected chi connectivity index (χ2v) is 8.50. The maximum Gasteiger partial charge on any atom is 0.0222 e. The summed E-state index contributed by atoms with van der Waals surface area (Å²) in [7, 11) is 0. The number of hydrogen-bond acceptors (Lipinski definition) is 1. The molecule has 0 saturated heterocycles. The van der Waals surface area contributed by atoms with E-state index in [0.29, 0.717) is 5.54 Å². The van der Waals surface area contributed by atoms with Crippen molar-refractivity contribution in [2.75, 3.05) is 0 Å². The Balaban J connectivity index is 1.49. The maximum absolute atomic E-state index is 3.97. The molecule has 108 valence electrons. The Morgan fingerprint density at radius 3 is 2.25 bits per heavy atom. The van der Waals surface area contributed by atoms with Crippen LogP contribution in [0.3, 0.4) is 0 Å². The van der Waals surface area contributed by atoms with E-state index in [9.17, 15) is 0 Å². The summed E-state index contributed by atoms with van der Waals surface area (Å²) in [5.74, 6) is 3.07. The van der Waals surface area contributed by atoms with E-state index in [1.807, 2.05) is 0 Å². The minimum Gasteiger partial charge on any atom is -0.307 e. The minimum absolute atomic E-state index is 0.471. The Hall–Kier alpha value is -0.340. The number of nitrogens with one attached hydrogen (secondary N) is 1. The molecule has 4 aliphatic rings. The van der Waals surface area contributed by atoms with Crippen LogP contribution in [-0.4, -0.2) is 5.54 Å². The third-order valence-corrected chi connectivity index (χ3v) is 6.64. The van der Waals surface area contributed by atoms with E-state index in [2.05, 4.69) is 46.4 Å². The van der Waals surface area contributed by atoms with Crippen LogP contribution in [0.2, 0.25) is 0 Å². The van der Waals surface area contributed by atoms with Crippen LogP contribution < -0.4 is 5.32 Å². The molecule has 1 aromatic carbocycles. The van der Waals surface area contributed by atoms with Crippen LogP contribution in [-0.2, 0) is 6.54 Å². The molecule has 0 amide bonds. The highest BCUT2D eigenvalue weighted by Crippen LogP contribution is 2.55. The zero-order chi connectivity index (χ0) is 13.7. The summed E-state index contributed by atoms with van der Waals surface area (Å²) >= 11 is 3.72. The fourth-order valence-corrected chi connectivity index (χ4v) is 6.04. The molecule has 4 aliphatic carbocycles. The van der Waals surface area contributed by atoms with Gasteiger partial charge in [0.15, 0.2) is 0 Å². The van der Waals surface area contributed by atoms with Crippen molar-refractivity contribution >= 4 is 15.9 Å². The summed E-state index contributed by atoms with van der Waals surface area (Å²) in [4.78, 5) is 0. The van der Waals surface area contributed by atoms with E-state index in [1.165, 1.54) is 54.1 Å². The first-order valence-corrected chi connectivity index (χ1v) is 8.91. The average molecular weight is 334 g/mol. The lowest BCUT2D eigenvalue weighted by atomic mass is 9.53. The Kier molecular flexibility index (Phi) is 3.23. The number of rotatable bonds is 3. The van der Waals surface area contributed by atoms with Gasteiger partial charge in [0, 0.05) is 16.6 Å². The van der Waals surface area contributed by atoms with E-state index < -0.39 is 0 Å². The second-order valence-electron chi connectivity index (χ2n) is 7.65. The molecule has 1 N–H and O–H groups in total. The first kappa shape index (κ1) is 13.3. The lowest BCUT2D eigenvalue weighted by molar-refractivity contribution is -0.0206. The number of aryl methyl sites for hydroxylation is 1. The van der Waals surface area contributed by atoms with Crippen molar-refractivity contribution in [3.8, 4) is 0 Å². The molecule has 0 spiro atoms. The van der Waals surface area contributed by atoms with E-state index >= 15 is 0 Å². The molecular weight excluding hydrogens is 310 g/mol. The van der Waals surface area contributed by atoms with Gasteiger partial charge < -0.3 is 5.32 Å². The molecule has 0 radical (unpaired) electrons. The van der Waals surface area contributed by atoms with E-state index in [1.54, 1.807) is 0 Å². The van der Waals surface area contributed by atoms with Crippen LogP contribution >= 0.6 is 15.9 Å². The van der Waals surface area contributed by atoms with Gasteiger partial charge in [-0.05, 0) is 80.4 Å². The van der Waals surface area contributed by atoms with Crippen LogP contribution in [0.5, 0.6) is 0 Å². The fraction of sp³-hybridized carbons (Fsp3) is 0.667. The van der Waals surface area contributed by atoms with E-state index in [4.69, 9.17) is 0 Å². The molecule has 5 rings (SSSR count). The molecule has 0 aromatic heterocycles. The van der Waals surface area contributed by atoms with Gasteiger partial charge in [0.25, 0.3) is 0 Å². The normalized spacial score (nSPS) is 38.4. The highest BCUT2D eigenvalue weighted by molar-refractivity contribution is 9.10. The number of halogens is 1. The molecule has 1 aromatic rings. The summed E-state index contributed by atoms with van der Waals surface area (Å²) in [6, 6.07) is 6.73. The van der Waals surface area contributed by atoms with Crippen LogP contribution in [0.4, 0.5) is 0 Å². The Morgan fingerprint density at radius 2 is 1.70 bits per heavy atom. The molecule has 4 saturated carbocycles. The molecular formula is C18H24BrN. The Morgan fingerprint density at radius 1 is 1.10 bits per heavy atom. The van der Waals surface area contributed by atoms with Crippen molar-refractivity contribution in [2.45, 2.75) is 57.5 Å². The molecule has 1 nitrogen and oxygen atoms in total. The van der Waals surface area contributed by atoms with Gasteiger partial charge in [-0.15, -0.1) is 0 Å².